The van der Waals surface area contributed by atoms with Crippen LogP contribution in [0.4, 0.5) is 0 Å². The summed E-state index contributed by atoms with van der Waals surface area (Å²) in [6.45, 7) is 7.49. The van der Waals surface area contributed by atoms with Crippen LogP contribution in [0.5, 0.6) is 0 Å². The molecule has 5 nitrogen and oxygen atoms in total. The first-order valence-electron chi connectivity index (χ1n) is 5.72. The Kier molecular flexibility index (Phi) is 4.32. The van der Waals surface area contributed by atoms with Crippen LogP contribution < -0.4 is 4.72 Å². The molecular formula is C11H21N3O2S. The molecular weight excluding hydrogens is 238 g/mol. The van der Waals surface area contributed by atoms with Crippen molar-refractivity contribution < 1.29 is 8.42 Å². The lowest BCUT2D eigenvalue weighted by Crippen LogP contribution is -2.39. The van der Waals surface area contributed by atoms with Gasteiger partial charge in [0.1, 0.15) is 0 Å². The van der Waals surface area contributed by atoms with Gasteiger partial charge in [-0.25, -0.2) is 13.1 Å². The van der Waals surface area contributed by atoms with Crippen molar-refractivity contribution in [3.63, 3.8) is 0 Å². The normalized spacial score (nSPS) is 12.9. The van der Waals surface area contributed by atoms with E-state index in [-0.39, 0.29) is 0 Å². The van der Waals surface area contributed by atoms with Gasteiger partial charge in [-0.05, 0) is 46.1 Å². The van der Waals surface area contributed by atoms with Crippen molar-refractivity contribution in [2.75, 3.05) is 6.54 Å². The van der Waals surface area contributed by atoms with Crippen LogP contribution in [0.2, 0.25) is 0 Å². The van der Waals surface area contributed by atoms with Crippen molar-refractivity contribution in [1.82, 2.24) is 14.9 Å². The van der Waals surface area contributed by atoms with E-state index in [1.54, 1.807) is 27.0 Å². The zero-order valence-corrected chi connectivity index (χ0v) is 11.7. The van der Waals surface area contributed by atoms with Crippen molar-refractivity contribution >= 4 is 10.0 Å². The Balaban J connectivity index is 2.37. The molecule has 1 aromatic rings. The molecule has 0 amide bonds. The highest BCUT2D eigenvalue weighted by Gasteiger charge is 2.27. The number of sulfonamides is 1. The summed E-state index contributed by atoms with van der Waals surface area (Å²) >= 11 is 0. The van der Waals surface area contributed by atoms with Gasteiger partial charge in [-0.3, -0.25) is 5.10 Å². The fourth-order valence-corrected chi connectivity index (χ4v) is 2.18. The maximum Gasteiger partial charge on any atom is 0.216 e. The zero-order chi connectivity index (χ0) is 13.1. The van der Waals surface area contributed by atoms with Gasteiger partial charge in [0.25, 0.3) is 0 Å². The van der Waals surface area contributed by atoms with Crippen molar-refractivity contribution in [3.8, 4) is 0 Å². The summed E-state index contributed by atoms with van der Waals surface area (Å²) in [5.74, 6) is 0. The van der Waals surface area contributed by atoms with Crippen molar-refractivity contribution in [3.05, 3.63) is 17.5 Å². The number of aromatic amines is 1. The predicted molar refractivity (Wildman–Crippen MR) is 68.3 cm³/mol. The van der Waals surface area contributed by atoms with E-state index in [9.17, 15) is 8.42 Å². The molecule has 0 unspecified atom stereocenters. The summed E-state index contributed by atoms with van der Waals surface area (Å²) in [6, 6.07) is 0. The topological polar surface area (TPSA) is 74.8 Å². The summed E-state index contributed by atoms with van der Waals surface area (Å²) in [5.41, 5.74) is 2.18. The molecule has 17 heavy (non-hydrogen) atoms. The zero-order valence-electron chi connectivity index (χ0n) is 10.9. The number of rotatable bonds is 5. The first-order valence-corrected chi connectivity index (χ1v) is 7.20. The van der Waals surface area contributed by atoms with E-state index in [1.165, 1.54) is 0 Å². The maximum atomic E-state index is 11.8. The second-order valence-corrected chi connectivity index (χ2v) is 7.65. The molecule has 0 aliphatic heterocycles. The summed E-state index contributed by atoms with van der Waals surface area (Å²) < 4.78 is 25.4. The Morgan fingerprint density at radius 1 is 1.41 bits per heavy atom. The lowest BCUT2D eigenvalue weighted by atomic mass is 10.1. The molecule has 0 saturated carbocycles. The van der Waals surface area contributed by atoms with Crippen LogP contribution >= 0.6 is 0 Å². The second-order valence-electron chi connectivity index (χ2n) is 5.13. The molecule has 6 heteroatoms. The maximum absolute atomic E-state index is 11.8. The van der Waals surface area contributed by atoms with Crippen LogP contribution in [0.1, 0.15) is 38.4 Å². The molecule has 0 bridgehead atoms. The van der Waals surface area contributed by atoms with Crippen LogP contribution in [-0.4, -0.2) is 29.9 Å². The predicted octanol–water partition coefficient (Wildman–Crippen LogP) is 1.37. The molecule has 0 spiro atoms. The van der Waals surface area contributed by atoms with E-state index in [2.05, 4.69) is 14.9 Å². The average molecular weight is 259 g/mol. The van der Waals surface area contributed by atoms with Crippen molar-refractivity contribution in [2.24, 2.45) is 0 Å². The Morgan fingerprint density at radius 2 is 2.06 bits per heavy atom. The average Bonchev–Trinajstić information content (AvgIpc) is 2.57. The first-order chi connectivity index (χ1) is 7.74. The highest BCUT2D eigenvalue weighted by molar-refractivity contribution is 7.90. The van der Waals surface area contributed by atoms with E-state index in [1.807, 2.05) is 6.92 Å². The molecule has 2 N–H and O–H groups in total. The number of nitrogens with zero attached hydrogens (tertiary/aromatic N) is 1. The van der Waals surface area contributed by atoms with Gasteiger partial charge in [0.05, 0.1) is 10.9 Å². The van der Waals surface area contributed by atoms with Gasteiger partial charge in [0.15, 0.2) is 0 Å². The lowest BCUT2D eigenvalue weighted by Gasteiger charge is -2.19. The van der Waals surface area contributed by atoms with E-state index < -0.39 is 14.8 Å². The monoisotopic (exact) mass is 259 g/mol. The Morgan fingerprint density at radius 3 is 2.53 bits per heavy atom. The molecule has 0 aliphatic rings. The van der Waals surface area contributed by atoms with Crippen LogP contribution in [-0.2, 0) is 16.4 Å². The van der Waals surface area contributed by atoms with Gasteiger partial charge < -0.3 is 0 Å². The third-order valence-corrected chi connectivity index (χ3v) is 4.85. The van der Waals surface area contributed by atoms with Crippen LogP contribution in [0.3, 0.4) is 0 Å². The first kappa shape index (κ1) is 14.2. The van der Waals surface area contributed by atoms with Crippen molar-refractivity contribution in [1.29, 1.82) is 0 Å². The Hall–Kier alpha value is -0.880. The van der Waals surface area contributed by atoms with Crippen LogP contribution in [0, 0.1) is 6.92 Å². The molecule has 0 aromatic carbocycles. The minimum atomic E-state index is -3.22. The molecule has 0 aliphatic carbocycles. The van der Waals surface area contributed by atoms with Gasteiger partial charge >= 0.3 is 0 Å². The fraction of sp³-hybridized carbons (Fsp3) is 0.727. The fourth-order valence-electron chi connectivity index (χ4n) is 1.33. The van der Waals surface area contributed by atoms with Gasteiger partial charge in [-0.1, -0.05) is 0 Å². The summed E-state index contributed by atoms with van der Waals surface area (Å²) in [5, 5.41) is 6.79. The number of aromatic nitrogens is 2. The van der Waals surface area contributed by atoms with Gasteiger partial charge in [0.2, 0.25) is 10.0 Å². The summed E-state index contributed by atoms with van der Waals surface area (Å²) in [6.07, 6.45) is 3.39. The molecule has 0 radical (unpaired) electrons. The standard InChI is InChI=1S/C11H21N3O2S/c1-9-10(8-12-14-9)6-5-7-13-17(15,16)11(2,3)4/h8,13H,5-7H2,1-4H3,(H,12,14). The number of aryl methyl sites for hydroxylation is 2. The molecule has 1 aromatic heterocycles. The van der Waals surface area contributed by atoms with Crippen molar-refractivity contribution in [2.45, 2.75) is 45.3 Å². The number of hydrogen-bond acceptors (Lipinski definition) is 3. The van der Waals surface area contributed by atoms with E-state index in [0.717, 1.165) is 24.1 Å². The number of H-pyrrole nitrogens is 1. The van der Waals surface area contributed by atoms with Gasteiger partial charge in [-0.15, -0.1) is 0 Å². The second kappa shape index (κ2) is 5.18. The largest absolute Gasteiger partial charge is 0.283 e. The van der Waals surface area contributed by atoms with Gasteiger partial charge in [-0.2, -0.15) is 5.10 Å². The minimum absolute atomic E-state index is 0.463. The van der Waals surface area contributed by atoms with Crippen LogP contribution in [0.25, 0.3) is 0 Å². The molecule has 0 fully saturated rings. The quantitative estimate of drug-likeness (QED) is 0.784. The molecule has 1 rings (SSSR count). The van der Waals surface area contributed by atoms with Gasteiger partial charge in [0, 0.05) is 12.2 Å². The smallest absolute Gasteiger partial charge is 0.216 e. The molecule has 0 atom stereocenters. The molecule has 0 saturated heterocycles. The third kappa shape index (κ3) is 3.81. The third-order valence-electron chi connectivity index (χ3n) is 2.66. The number of nitrogens with one attached hydrogen (secondary N) is 2. The SMILES string of the molecule is Cc1[nH]ncc1CCCNS(=O)(=O)C(C)(C)C. The summed E-state index contributed by atoms with van der Waals surface area (Å²) in [7, 11) is -3.22. The lowest BCUT2D eigenvalue weighted by molar-refractivity contribution is 0.543. The van der Waals surface area contributed by atoms with E-state index in [4.69, 9.17) is 0 Å². The Bertz CT molecular complexity index is 457. The van der Waals surface area contributed by atoms with Crippen LogP contribution in [0.15, 0.2) is 6.20 Å². The number of hydrogen-bond donors (Lipinski definition) is 2. The Labute approximate surface area is 103 Å². The highest BCUT2D eigenvalue weighted by Crippen LogP contribution is 2.13. The molecule has 1 heterocycles. The van der Waals surface area contributed by atoms with E-state index >= 15 is 0 Å². The van der Waals surface area contributed by atoms with E-state index in [0.29, 0.717) is 6.54 Å². The summed E-state index contributed by atoms with van der Waals surface area (Å²) in [4.78, 5) is 0. The molecule has 98 valence electrons. The highest BCUT2D eigenvalue weighted by atomic mass is 32.2. The minimum Gasteiger partial charge on any atom is -0.283 e.